The second-order valence-electron chi connectivity index (χ2n) is 18.0. The van der Waals surface area contributed by atoms with Crippen molar-refractivity contribution in [2.24, 2.45) is 0 Å². The van der Waals surface area contributed by atoms with Crippen molar-refractivity contribution in [2.75, 3.05) is 0 Å². The van der Waals surface area contributed by atoms with E-state index in [1.165, 1.54) is 128 Å². The summed E-state index contributed by atoms with van der Waals surface area (Å²) in [6, 6.07) is 28.3. The van der Waals surface area contributed by atoms with Gasteiger partial charge < -0.3 is 39.6 Å². The van der Waals surface area contributed by atoms with Crippen LogP contribution in [0.4, 0.5) is 0 Å². The first-order valence-corrected chi connectivity index (χ1v) is 26.2. The molecule has 0 unspecified atom stereocenters. The van der Waals surface area contributed by atoms with Gasteiger partial charge in [0.25, 0.3) is 0 Å². The Morgan fingerprint density at radius 1 is 0.290 bits per heavy atom. The van der Waals surface area contributed by atoms with E-state index >= 15 is 0 Å². The Morgan fingerprint density at radius 2 is 0.464 bits per heavy atom. The number of aryl methyl sites for hydroxylation is 4. The maximum atomic E-state index is 10.7. The first-order valence-electron chi connectivity index (χ1n) is 26.2. The predicted octanol–water partition coefficient (Wildman–Crippen LogP) is 11.4. The maximum absolute atomic E-state index is 10.7. The van der Waals surface area contributed by atoms with Gasteiger partial charge in [0.2, 0.25) is 0 Å². The Balaban J connectivity index is 0.000000889. The molecule has 0 saturated carbocycles. The molecule has 9 heteroatoms. The van der Waals surface area contributed by atoms with Gasteiger partial charge in [0.1, 0.15) is 0 Å². The van der Waals surface area contributed by atoms with Gasteiger partial charge in [0.05, 0.1) is 23.9 Å². The van der Waals surface area contributed by atoms with E-state index in [0.717, 1.165) is 73.6 Å². The van der Waals surface area contributed by atoms with Crippen molar-refractivity contribution in [3.05, 3.63) is 142 Å². The second kappa shape index (κ2) is 43.7. The molecule has 4 aromatic carbocycles. The minimum atomic E-state index is -1.09. The average molecular weight is 1140 g/mol. The molecule has 0 aliphatic heterocycles. The normalized spacial score (nSPS) is 10.3. The van der Waals surface area contributed by atoms with Gasteiger partial charge in [0, 0.05) is 27.3 Å². The molecule has 4 radical (unpaired) electrons. The van der Waals surface area contributed by atoms with E-state index in [1.807, 2.05) is 24.3 Å². The third kappa shape index (κ3) is 34.6. The number of carbonyl (C=O) groups excluding carboxylic acids is 4. The Hall–Kier alpha value is -4.32. The van der Waals surface area contributed by atoms with Crippen LogP contribution in [0.2, 0.25) is 0 Å². The number of aromatic carboxylic acids is 4. The molecule has 0 aliphatic carbocycles. The number of hydrogen-bond acceptors (Lipinski definition) is 8. The summed E-state index contributed by atoms with van der Waals surface area (Å²) < 4.78 is 0. The molecule has 8 nitrogen and oxygen atoms in total. The maximum Gasteiger partial charge on any atom is 0.0715 e. The van der Waals surface area contributed by atoms with Crippen molar-refractivity contribution in [1.82, 2.24) is 0 Å². The van der Waals surface area contributed by atoms with E-state index in [4.69, 9.17) is 0 Å². The standard InChI is InChI=1S/4C15H22O2.Pb/c4*1-2-3-4-5-6-7-9-13-10-8-11-14(12-13)15(16)17;/h4*8,10-12H,2-7,9H2,1H3,(H,16,17);/p-4. The summed E-state index contributed by atoms with van der Waals surface area (Å²) in [4.78, 5) is 42.8. The van der Waals surface area contributed by atoms with Crippen molar-refractivity contribution < 1.29 is 39.6 Å². The van der Waals surface area contributed by atoms with Crippen LogP contribution < -0.4 is 20.4 Å². The number of rotatable bonds is 32. The summed E-state index contributed by atoms with van der Waals surface area (Å²) >= 11 is 0. The second-order valence-corrected chi connectivity index (χ2v) is 18.0. The van der Waals surface area contributed by atoms with Gasteiger partial charge in [-0.3, -0.25) is 0 Å². The third-order valence-electron chi connectivity index (χ3n) is 11.9. The molecule has 0 amide bonds. The molecule has 0 bridgehead atoms. The molecule has 0 fully saturated rings. The molecule has 0 N–H and O–H groups in total. The topological polar surface area (TPSA) is 161 Å². The summed E-state index contributed by atoms with van der Waals surface area (Å²) in [5.74, 6) is -4.35. The van der Waals surface area contributed by atoms with Crippen LogP contribution in [-0.2, 0) is 25.7 Å². The number of carboxylic acid groups (broad SMARTS) is 4. The van der Waals surface area contributed by atoms with Crippen molar-refractivity contribution in [2.45, 2.75) is 207 Å². The zero-order valence-corrected chi connectivity index (χ0v) is 46.7. The predicted molar refractivity (Wildman–Crippen MR) is 277 cm³/mol. The zero-order chi connectivity index (χ0) is 50.0. The molecule has 69 heavy (non-hydrogen) atoms. The van der Waals surface area contributed by atoms with Crippen LogP contribution in [0, 0.1) is 0 Å². The van der Waals surface area contributed by atoms with E-state index in [1.54, 1.807) is 72.8 Å². The summed E-state index contributed by atoms with van der Waals surface area (Å²) in [6.45, 7) is 8.85. The van der Waals surface area contributed by atoms with Gasteiger partial charge >= 0.3 is 0 Å². The van der Waals surface area contributed by atoms with Gasteiger partial charge in [-0.2, -0.15) is 0 Å². The number of carboxylic acids is 4. The van der Waals surface area contributed by atoms with Gasteiger partial charge in [-0.15, -0.1) is 0 Å². The van der Waals surface area contributed by atoms with Crippen molar-refractivity contribution in [3.63, 3.8) is 0 Å². The fraction of sp³-hybridized carbons (Fsp3) is 0.533. The van der Waals surface area contributed by atoms with Crippen molar-refractivity contribution in [1.29, 1.82) is 0 Å². The fourth-order valence-corrected chi connectivity index (χ4v) is 7.85. The van der Waals surface area contributed by atoms with Gasteiger partial charge in [-0.1, -0.05) is 229 Å². The monoisotopic (exact) mass is 1140 g/mol. The minimum absolute atomic E-state index is 0. The number of carbonyl (C=O) groups is 4. The molecular formula is C60H84O8Pb-4. The first-order chi connectivity index (χ1) is 32.9. The summed E-state index contributed by atoms with van der Waals surface area (Å²) in [5.41, 5.74) is 5.54. The summed E-state index contributed by atoms with van der Waals surface area (Å²) in [5, 5.41) is 42.8. The van der Waals surface area contributed by atoms with Crippen LogP contribution >= 0.6 is 0 Å². The van der Waals surface area contributed by atoms with E-state index in [-0.39, 0.29) is 49.6 Å². The Morgan fingerprint density at radius 3 is 0.638 bits per heavy atom. The van der Waals surface area contributed by atoms with Crippen LogP contribution in [-0.4, -0.2) is 51.2 Å². The van der Waals surface area contributed by atoms with Gasteiger partial charge in [-0.25, -0.2) is 0 Å². The Labute approximate surface area is 437 Å². The van der Waals surface area contributed by atoms with E-state index < -0.39 is 23.9 Å². The molecule has 0 spiro atoms. The minimum Gasteiger partial charge on any atom is -0.545 e. The molecule has 0 aromatic heterocycles. The Kier molecular flexibility index (Phi) is 40.9. The number of hydrogen-bond donors (Lipinski definition) is 0. The largest absolute Gasteiger partial charge is 0.545 e. The molecular weight excluding hydrogens is 1060 g/mol. The van der Waals surface area contributed by atoms with Crippen LogP contribution in [0.25, 0.3) is 0 Å². The van der Waals surface area contributed by atoms with E-state index in [0.29, 0.717) is 0 Å². The van der Waals surface area contributed by atoms with Crippen LogP contribution in [0.1, 0.15) is 245 Å². The van der Waals surface area contributed by atoms with Crippen LogP contribution in [0.3, 0.4) is 0 Å². The molecule has 0 aliphatic rings. The molecule has 0 saturated heterocycles. The fourth-order valence-electron chi connectivity index (χ4n) is 7.85. The quantitative estimate of drug-likeness (QED) is 0.0345. The molecule has 4 rings (SSSR count). The van der Waals surface area contributed by atoms with Gasteiger partial charge in [0.15, 0.2) is 0 Å². The Bertz CT molecular complexity index is 1660. The van der Waals surface area contributed by atoms with E-state index in [2.05, 4.69) is 27.7 Å². The number of benzene rings is 4. The molecule has 0 atom stereocenters. The van der Waals surface area contributed by atoms with Gasteiger partial charge in [-0.05, 0) is 120 Å². The molecule has 4 aromatic rings. The van der Waals surface area contributed by atoms with Crippen LogP contribution in [0.5, 0.6) is 0 Å². The van der Waals surface area contributed by atoms with Crippen molar-refractivity contribution in [3.8, 4) is 0 Å². The van der Waals surface area contributed by atoms with Crippen molar-refractivity contribution >= 4 is 51.2 Å². The average Bonchev–Trinajstić information content (AvgIpc) is 3.34. The number of unbranched alkanes of at least 4 members (excludes halogenated alkanes) is 20. The SMILES string of the molecule is CCCCCCCCc1cccc(C(=O)[O-])c1.CCCCCCCCc1cccc(C(=O)[O-])c1.CCCCCCCCc1cccc(C(=O)[O-])c1.CCCCCCCCc1cccc(C(=O)[O-])c1.[Pb]. The van der Waals surface area contributed by atoms with E-state index in [9.17, 15) is 39.6 Å². The zero-order valence-electron chi connectivity index (χ0n) is 42.8. The molecule has 380 valence electrons. The third-order valence-corrected chi connectivity index (χ3v) is 11.9. The summed E-state index contributed by atoms with van der Waals surface area (Å²) in [7, 11) is 0. The first kappa shape index (κ1) is 64.7. The summed E-state index contributed by atoms with van der Waals surface area (Å²) in [6.07, 6.45) is 34.1. The smallest absolute Gasteiger partial charge is 0.0715 e. The molecule has 0 heterocycles. The van der Waals surface area contributed by atoms with Crippen LogP contribution in [0.15, 0.2) is 97.1 Å².